The number of hydrogen-bond acceptors (Lipinski definition) is 7. The minimum absolute atomic E-state index is 0. The second-order valence-electron chi connectivity index (χ2n) is 8.07. The van der Waals surface area contributed by atoms with E-state index in [1.807, 2.05) is 24.3 Å². The predicted molar refractivity (Wildman–Crippen MR) is 147 cm³/mol. The maximum Gasteiger partial charge on any atom is 0.260 e. The number of sulfone groups is 1. The molecular weight excluding hydrogens is 510 g/mol. The highest BCUT2D eigenvalue weighted by atomic mass is 35.5. The van der Waals surface area contributed by atoms with Crippen molar-refractivity contribution in [1.29, 1.82) is 0 Å². The van der Waals surface area contributed by atoms with Crippen LogP contribution in [0.4, 0.5) is 5.13 Å². The Morgan fingerprint density at radius 1 is 1.06 bits per heavy atom. The number of carbonyl (C=O) groups is 1. The molecule has 0 spiro atoms. The van der Waals surface area contributed by atoms with Gasteiger partial charge >= 0.3 is 0 Å². The van der Waals surface area contributed by atoms with Crippen molar-refractivity contribution in [2.75, 3.05) is 37.3 Å². The van der Waals surface area contributed by atoms with Gasteiger partial charge in [-0.25, -0.2) is 13.4 Å². The van der Waals surface area contributed by atoms with Crippen LogP contribution in [0.15, 0.2) is 52.3 Å². The van der Waals surface area contributed by atoms with Crippen molar-refractivity contribution in [1.82, 2.24) is 9.88 Å². The number of nitrogens with zero attached hydrogens (tertiary/aromatic N) is 3. The Bertz CT molecular complexity index is 1210. The van der Waals surface area contributed by atoms with Gasteiger partial charge in [0.05, 0.1) is 15.1 Å². The predicted octanol–water partition coefficient (Wildman–Crippen LogP) is 5.61. The average Bonchev–Trinajstić information content (AvgIpc) is 3.19. The van der Waals surface area contributed by atoms with Gasteiger partial charge in [0.15, 0.2) is 15.0 Å². The highest BCUT2D eigenvalue weighted by Crippen LogP contribution is 2.32. The van der Waals surface area contributed by atoms with E-state index in [1.54, 1.807) is 34.9 Å². The van der Waals surface area contributed by atoms with E-state index in [2.05, 4.69) is 37.6 Å². The molecule has 1 heterocycles. The molecule has 0 atom stereocenters. The summed E-state index contributed by atoms with van der Waals surface area (Å²) >= 11 is 3.10. The van der Waals surface area contributed by atoms with Crippen LogP contribution in [0.1, 0.15) is 38.1 Å². The summed E-state index contributed by atoms with van der Waals surface area (Å²) in [6, 6.07) is 12.6. The fourth-order valence-electron chi connectivity index (χ4n) is 3.41. The second kappa shape index (κ2) is 12.4. The highest BCUT2D eigenvalue weighted by molar-refractivity contribution is 7.99. The fourth-order valence-corrected chi connectivity index (χ4v) is 6.00. The smallest absolute Gasteiger partial charge is 0.260 e. The lowest BCUT2D eigenvalue weighted by Gasteiger charge is -2.24. The van der Waals surface area contributed by atoms with Gasteiger partial charge in [0.1, 0.15) is 0 Å². The summed E-state index contributed by atoms with van der Waals surface area (Å²) in [6.45, 7) is 11.5. The van der Waals surface area contributed by atoms with Gasteiger partial charge < -0.3 is 4.90 Å². The van der Waals surface area contributed by atoms with Gasteiger partial charge in [-0.2, -0.15) is 0 Å². The maximum absolute atomic E-state index is 13.5. The van der Waals surface area contributed by atoms with Crippen LogP contribution in [0, 0.1) is 0 Å². The molecule has 0 saturated carbocycles. The van der Waals surface area contributed by atoms with E-state index in [0.29, 0.717) is 28.0 Å². The van der Waals surface area contributed by atoms with Crippen molar-refractivity contribution in [3.8, 4) is 0 Å². The third-order valence-corrected chi connectivity index (χ3v) is 8.43. The zero-order valence-corrected chi connectivity index (χ0v) is 23.4. The molecule has 0 aliphatic heterocycles. The molecule has 3 rings (SSSR count). The van der Waals surface area contributed by atoms with Crippen molar-refractivity contribution in [3.63, 3.8) is 0 Å². The first-order chi connectivity index (χ1) is 15.6. The summed E-state index contributed by atoms with van der Waals surface area (Å²) in [5, 5.41) is 1.05. The average molecular weight is 542 g/mol. The lowest BCUT2D eigenvalue weighted by atomic mass is 10.2. The molecule has 0 radical (unpaired) electrons. The number of carbonyl (C=O) groups excluding carboxylic acids is 1. The first-order valence-corrected chi connectivity index (χ1v) is 14.6. The quantitative estimate of drug-likeness (QED) is 0.311. The van der Waals surface area contributed by atoms with Gasteiger partial charge in [0, 0.05) is 35.1 Å². The summed E-state index contributed by atoms with van der Waals surface area (Å²) in [7, 11) is -3.32. The molecule has 0 aliphatic carbocycles. The zero-order valence-electron chi connectivity index (χ0n) is 20.1. The number of thioether (sulfide) groups is 1. The van der Waals surface area contributed by atoms with Gasteiger partial charge in [-0.05, 0) is 55.6 Å². The van der Waals surface area contributed by atoms with Crippen LogP contribution >= 0.6 is 35.5 Å². The molecule has 34 heavy (non-hydrogen) atoms. The molecule has 2 aromatic carbocycles. The molecule has 3 aromatic rings. The van der Waals surface area contributed by atoms with Crippen molar-refractivity contribution in [2.45, 2.75) is 42.7 Å². The van der Waals surface area contributed by atoms with E-state index in [9.17, 15) is 13.2 Å². The van der Waals surface area contributed by atoms with Gasteiger partial charge in [-0.15, -0.1) is 24.2 Å². The SMILES string of the molecule is CCN(CC)CCN(C(=O)c1ccc(SC(C)C)cc1)c1nc2ccc(S(C)(=O)=O)cc2s1.Cl. The van der Waals surface area contributed by atoms with E-state index >= 15 is 0 Å². The minimum Gasteiger partial charge on any atom is -0.302 e. The van der Waals surface area contributed by atoms with Crippen LogP contribution in [0.25, 0.3) is 10.2 Å². The molecule has 186 valence electrons. The van der Waals surface area contributed by atoms with E-state index in [4.69, 9.17) is 0 Å². The minimum atomic E-state index is -3.32. The number of rotatable bonds is 10. The van der Waals surface area contributed by atoms with E-state index in [0.717, 1.165) is 29.2 Å². The van der Waals surface area contributed by atoms with Crippen molar-refractivity contribution in [2.24, 2.45) is 0 Å². The molecule has 10 heteroatoms. The van der Waals surface area contributed by atoms with Crippen LogP contribution < -0.4 is 4.90 Å². The maximum atomic E-state index is 13.5. The summed E-state index contributed by atoms with van der Waals surface area (Å²) in [5.41, 5.74) is 1.30. The van der Waals surface area contributed by atoms with Gasteiger partial charge in [0.2, 0.25) is 0 Å². The van der Waals surface area contributed by atoms with E-state index < -0.39 is 9.84 Å². The number of likely N-dealkylation sites (N-methyl/N-ethyl adjacent to an activating group) is 1. The zero-order chi connectivity index (χ0) is 24.2. The number of anilines is 1. The number of aromatic nitrogens is 1. The second-order valence-corrected chi connectivity index (χ2v) is 12.7. The van der Waals surface area contributed by atoms with Crippen LogP contribution in [0.5, 0.6) is 0 Å². The summed E-state index contributed by atoms with van der Waals surface area (Å²) in [5.74, 6) is -0.106. The monoisotopic (exact) mass is 541 g/mol. The lowest BCUT2D eigenvalue weighted by Crippen LogP contribution is -2.38. The van der Waals surface area contributed by atoms with Crippen LogP contribution in [-0.4, -0.2) is 61.9 Å². The lowest BCUT2D eigenvalue weighted by molar-refractivity contribution is 0.0983. The molecule has 0 N–H and O–H groups in total. The Morgan fingerprint density at radius 2 is 1.71 bits per heavy atom. The number of amides is 1. The normalized spacial score (nSPS) is 11.7. The third kappa shape index (κ3) is 7.18. The Kier molecular flexibility index (Phi) is 10.4. The summed E-state index contributed by atoms with van der Waals surface area (Å²) in [4.78, 5) is 23.6. The molecule has 0 bridgehead atoms. The molecule has 0 fully saturated rings. The molecule has 1 amide bonds. The Balaban J connectivity index is 0.00000408. The molecule has 0 saturated heterocycles. The molecule has 0 aliphatic rings. The van der Waals surface area contributed by atoms with Gasteiger partial charge in [-0.3, -0.25) is 9.69 Å². The van der Waals surface area contributed by atoms with E-state index in [1.165, 1.54) is 17.6 Å². The third-order valence-electron chi connectivity index (χ3n) is 5.26. The van der Waals surface area contributed by atoms with Crippen LogP contribution in [-0.2, 0) is 9.84 Å². The first-order valence-electron chi connectivity index (χ1n) is 11.0. The summed E-state index contributed by atoms with van der Waals surface area (Å²) in [6.07, 6.45) is 1.19. The topological polar surface area (TPSA) is 70.6 Å². The highest BCUT2D eigenvalue weighted by Gasteiger charge is 2.22. The molecular formula is C24H32ClN3O3S3. The Labute approximate surface area is 217 Å². The standard InChI is InChI=1S/C24H31N3O3S3.ClH/c1-6-26(7-2)14-15-27(23(28)18-8-10-19(11-9-18)31-17(3)4)24-25-21-13-12-20(33(5,29)30)16-22(21)32-24;/h8-13,16-17H,6-7,14-15H2,1-5H3;1H. The molecule has 6 nitrogen and oxygen atoms in total. The van der Waals surface area contributed by atoms with Crippen molar-refractivity contribution >= 4 is 66.6 Å². The van der Waals surface area contributed by atoms with Gasteiger partial charge in [-0.1, -0.05) is 39.0 Å². The molecule has 0 unspecified atom stereocenters. The number of benzene rings is 2. The number of halogens is 1. The van der Waals surface area contributed by atoms with E-state index in [-0.39, 0.29) is 23.2 Å². The number of fused-ring (bicyclic) bond motifs is 1. The summed E-state index contributed by atoms with van der Waals surface area (Å²) < 4.78 is 24.7. The largest absolute Gasteiger partial charge is 0.302 e. The Morgan fingerprint density at radius 3 is 2.26 bits per heavy atom. The Hall–Kier alpha value is -1.65. The fraction of sp³-hybridized carbons (Fsp3) is 0.417. The van der Waals surface area contributed by atoms with Crippen molar-refractivity contribution in [3.05, 3.63) is 48.0 Å². The van der Waals surface area contributed by atoms with Crippen molar-refractivity contribution < 1.29 is 13.2 Å². The van der Waals surface area contributed by atoms with Gasteiger partial charge in [0.25, 0.3) is 5.91 Å². The molecule has 1 aromatic heterocycles. The first kappa shape index (κ1) is 28.6. The van der Waals surface area contributed by atoms with Crippen LogP contribution in [0.3, 0.4) is 0 Å². The number of thiazole rings is 1. The number of hydrogen-bond donors (Lipinski definition) is 0. The van der Waals surface area contributed by atoms with Crippen LogP contribution in [0.2, 0.25) is 0 Å².